The average molecular weight is 311 g/mol. The van der Waals surface area contributed by atoms with Crippen LogP contribution in [-0.2, 0) is 6.18 Å². The monoisotopic (exact) mass is 311 g/mol. The molecule has 114 valence electrons. The molecule has 1 aliphatic heterocycles. The van der Waals surface area contributed by atoms with Gasteiger partial charge in [-0.3, -0.25) is 0 Å². The summed E-state index contributed by atoms with van der Waals surface area (Å²) in [5, 5.41) is 1.35. The fourth-order valence-electron chi connectivity index (χ4n) is 1.84. The molecule has 0 fully saturated rings. The van der Waals surface area contributed by atoms with E-state index in [2.05, 4.69) is 0 Å². The predicted octanol–water partition coefficient (Wildman–Crippen LogP) is 4.78. The van der Waals surface area contributed by atoms with Crippen molar-refractivity contribution in [2.75, 3.05) is 0 Å². The van der Waals surface area contributed by atoms with E-state index in [1.807, 2.05) is 0 Å². The van der Waals surface area contributed by atoms with Crippen molar-refractivity contribution >= 4 is 5.57 Å². The molecule has 0 saturated heterocycles. The normalized spacial score (nSPS) is 23.4. The van der Waals surface area contributed by atoms with E-state index in [0.29, 0.717) is 19.1 Å². The smallest absolute Gasteiger partial charge is 0.322 e. The van der Waals surface area contributed by atoms with Gasteiger partial charge in [0.1, 0.15) is 0 Å². The van der Waals surface area contributed by atoms with E-state index in [1.54, 1.807) is 0 Å². The van der Waals surface area contributed by atoms with Gasteiger partial charge in [0.15, 0.2) is 11.7 Å². The second-order valence-electron chi connectivity index (χ2n) is 4.52. The Labute approximate surface area is 114 Å². The molecule has 21 heavy (non-hydrogen) atoms. The molecule has 0 bridgehead atoms. The van der Waals surface area contributed by atoms with Crippen molar-refractivity contribution in [2.24, 2.45) is 0 Å². The highest BCUT2D eigenvalue weighted by Gasteiger charge is 2.40. The summed E-state index contributed by atoms with van der Waals surface area (Å²) in [6.45, 7) is 0.623. The molecular weight excluding hydrogens is 303 g/mol. The topological polar surface area (TPSA) is 12.0 Å². The lowest BCUT2D eigenvalue weighted by Crippen LogP contribution is -2.40. The van der Waals surface area contributed by atoms with Gasteiger partial charge in [0, 0.05) is 0 Å². The highest BCUT2D eigenvalue weighted by molar-refractivity contribution is 5.81. The summed E-state index contributed by atoms with van der Waals surface area (Å²) in [7, 11) is 0. The Morgan fingerprint density at radius 2 is 1.52 bits per heavy atom. The molecule has 1 aromatic rings. The SMILES string of the molecule is CC1(F)NC(F)=C(F)C(c2ccc(C(F)(F)F)cc2)=C1F. The molecule has 0 saturated carbocycles. The summed E-state index contributed by atoms with van der Waals surface area (Å²) in [6.07, 6.45) is -4.63. The molecule has 1 heterocycles. The molecule has 1 aromatic carbocycles. The molecule has 0 aliphatic carbocycles. The Morgan fingerprint density at radius 1 is 1.00 bits per heavy atom. The minimum absolute atomic E-state index is 0.404. The molecule has 0 spiro atoms. The van der Waals surface area contributed by atoms with Crippen molar-refractivity contribution in [1.82, 2.24) is 5.32 Å². The van der Waals surface area contributed by atoms with Gasteiger partial charge in [-0.25, -0.2) is 13.2 Å². The lowest BCUT2D eigenvalue weighted by Gasteiger charge is -2.27. The van der Waals surface area contributed by atoms with Crippen molar-refractivity contribution in [1.29, 1.82) is 0 Å². The average Bonchev–Trinajstić information content (AvgIpc) is 2.36. The molecule has 1 unspecified atom stereocenters. The van der Waals surface area contributed by atoms with E-state index in [4.69, 9.17) is 0 Å². The Kier molecular flexibility index (Phi) is 3.51. The molecule has 1 nitrogen and oxygen atoms in total. The Morgan fingerprint density at radius 3 is 2.00 bits per heavy atom. The van der Waals surface area contributed by atoms with Gasteiger partial charge in [-0.2, -0.15) is 17.6 Å². The lowest BCUT2D eigenvalue weighted by atomic mass is 9.97. The summed E-state index contributed by atoms with van der Waals surface area (Å²) >= 11 is 0. The third-order valence-corrected chi connectivity index (χ3v) is 2.89. The maximum absolute atomic E-state index is 13.8. The summed E-state index contributed by atoms with van der Waals surface area (Å²) in [5.41, 5.74) is -2.50. The summed E-state index contributed by atoms with van der Waals surface area (Å²) in [4.78, 5) is 0. The molecule has 1 atom stereocenters. The number of dihydropyridines is 1. The predicted molar refractivity (Wildman–Crippen MR) is 61.4 cm³/mol. The molecule has 0 amide bonds. The second-order valence-corrected chi connectivity index (χ2v) is 4.52. The molecule has 2 rings (SSSR count). The summed E-state index contributed by atoms with van der Waals surface area (Å²) < 4.78 is 91.6. The fourth-order valence-corrected chi connectivity index (χ4v) is 1.84. The van der Waals surface area contributed by atoms with Crippen LogP contribution in [0, 0.1) is 0 Å². The van der Waals surface area contributed by atoms with Gasteiger partial charge >= 0.3 is 6.18 Å². The number of rotatable bonds is 1. The van der Waals surface area contributed by atoms with E-state index in [9.17, 15) is 30.7 Å². The van der Waals surface area contributed by atoms with Gasteiger partial charge < -0.3 is 5.32 Å². The van der Waals surface area contributed by atoms with Gasteiger partial charge in [-0.15, -0.1) is 0 Å². The molecule has 1 N–H and O–H groups in total. The first kappa shape index (κ1) is 15.4. The number of alkyl halides is 4. The van der Waals surface area contributed by atoms with Crippen LogP contribution in [0.3, 0.4) is 0 Å². The second kappa shape index (κ2) is 4.78. The van der Waals surface area contributed by atoms with Gasteiger partial charge in [0.2, 0.25) is 11.7 Å². The quantitative estimate of drug-likeness (QED) is 0.581. The van der Waals surface area contributed by atoms with E-state index in [-0.39, 0.29) is 0 Å². The number of nitrogens with one attached hydrogen (secondary N) is 1. The van der Waals surface area contributed by atoms with Crippen molar-refractivity contribution in [3.63, 3.8) is 0 Å². The molecule has 1 aliphatic rings. The van der Waals surface area contributed by atoms with Crippen LogP contribution in [0.2, 0.25) is 0 Å². The first-order valence-electron chi connectivity index (χ1n) is 5.64. The third kappa shape index (κ3) is 2.74. The first-order chi connectivity index (χ1) is 9.54. The van der Waals surface area contributed by atoms with E-state index >= 15 is 0 Å². The van der Waals surface area contributed by atoms with Crippen LogP contribution in [0.25, 0.3) is 5.57 Å². The maximum atomic E-state index is 13.8. The van der Waals surface area contributed by atoms with Crippen molar-refractivity contribution < 1.29 is 30.7 Å². The molecule has 0 aromatic heterocycles. The van der Waals surface area contributed by atoms with Gasteiger partial charge in [0.25, 0.3) is 0 Å². The zero-order valence-corrected chi connectivity index (χ0v) is 10.5. The molecule has 8 heteroatoms. The van der Waals surface area contributed by atoms with Crippen molar-refractivity contribution in [3.8, 4) is 0 Å². The van der Waals surface area contributed by atoms with E-state index < -0.39 is 46.3 Å². The van der Waals surface area contributed by atoms with Crippen LogP contribution < -0.4 is 5.32 Å². The van der Waals surface area contributed by atoms with Crippen LogP contribution in [-0.4, -0.2) is 5.79 Å². The number of benzene rings is 1. The van der Waals surface area contributed by atoms with Crippen LogP contribution in [0.1, 0.15) is 18.1 Å². The summed E-state index contributed by atoms with van der Waals surface area (Å²) in [6, 6.07) is 2.62. The number of hydrogen-bond acceptors (Lipinski definition) is 1. The summed E-state index contributed by atoms with van der Waals surface area (Å²) in [5.74, 6) is -8.07. The van der Waals surface area contributed by atoms with Crippen LogP contribution in [0.5, 0.6) is 0 Å². The Hall–Kier alpha value is -1.99. The number of allylic oxidation sites excluding steroid dienone is 2. The van der Waals surface area contributed by atoms with Crippen LogP contribution in [0.4, 0.5) is 30.7 Å². The number of halogens is 7. The van der Waals surface area contributed by atoms with E-state index in [0.717, 1.165) is 12.1 Å². The standard InChI is InChI=1S/C13H8F7N/c1-12(17)10(15)8(9(14)11(16)21-12)6-2-4-7(5-3-6)13(18,19)20/h2-5,21H,1H3. The highest BCUT2D eigenvalue weighted by atomic mass is 19.4. The zero-order valence-electron chi connectivity index (χ0n) is 10.5. The zero-order chi connectivity index (χ0) is 16.0. The molecular formula is C13H8F7N. The lowest BCUT2D eigenvalue weighted by molar-refractivity contribution is -0.137. The Bertz CT molecular complexity index is 623. The van der Waals surface area contributed by atoms with Crippen LogP contribution in [0.15, 0.2) is 41.9 Å². The number of hydrogen-bond donors (Lipinski definition) is 1. The van der Waals surface area contributed by atoms with Crippen molar-refractivity contribution in [3.05, 3.63) is 53.0 Å². The van der Waals surface area contributed by atoms with E-state index in [1.165, 1.54) is 5.32 Å². The van der Waals surface area contributed by atoms with Gasteiger partial charge in [-0.1, -0.05) is 12.1 Å². The Balaban J connectivity index is 2.54. The minimum atomic E-state index is -4.63. The minimum Gasteiger partial charge on any atom is -0.322 e. The maximum Gasteiger partial charge on any atom is 0.416 e. The highest BCUT2D eigenvalue weighted by Crippen LogP contribution is 2.41. The third-order valence-electron chi connectivity index (χ3n) is 2.89. The van der Waals surface area contributed by atoms with Gasteiger partial charge in [-0.05, 0) is 24.6 Å². The first-order valence-corrected chi connectivity index (χ1v) is 5.64. The van der Waals surface area contributed by atoms with Crippen molar-refractivity contribution in [2.45, 2.75) is 18.9 Å². The van der Waals surface area contributed by atoms with Crippen LogP contribution >= 0.6 is 0 Å². The largest absolute Gasteiger partial charge is 0.416 e. The van der Waals surface area contributed by atoms with Gasteiger partial charge in [0.05, 0.1) is 11.1 Å². The fraction of sp³-hybridized carbons (Fsp3) is 0.231. The molecule has 0 radical (unpaired) electrons.